The van der Waals surface area contributed by atoms with E-state index in [0.29, 0.717) is 4.68 Å². The second-order valence-electron chi connectivity index (χ2n) is 2.18. The maximum Gasteiger partial charge on any atom is 0.177 e. The highest BCUT2D eigenvalue weighted by Gasteiger charge is 2.03. The van der Waals surface area contributed by atoms with Crippen LogP contribution in [0.1, 0.15) is 9.60 Å². The number of rotatable bonds is 1. The summed E-state index contributed by atoms with van der Waals surface area (Å²) in [4.78, 5) is 7.30. The van der Waals surface area contributed by atoms with Crippen LogP contribution in [0.3, 0.4) is 0 Å². The van der Waals surface area contributed by atoms with Gasteiger partial charge in [0.15, 0.2) is 5.82 Å². The highest BCUT2D eigenvalue weighted by atomic mass is 15.3. The first-order valence-electron chi connectivity index (χ1n) is 6.80. The minimum atomic E-state index is -2.74. The van der Waals surface area contributed by atoms with Crippen LogP contribution in [0.25, 0.3) is 11.5 Å². The van der Waals surface area contributed by atoms with Crippen molar-refractivity contribution >= 4 is 5.69 Å². The monoisotopic (exact) mass is 182 g/mol. The summed E-state index contributed by atoms with van der Waals surface area (Å²) in [7, 11) is 0. The lowest BCUT2D eigenvalue weighted by molar-refractivity contribution is 0.770. The summed E-state index contributed by atoms with van der Waals surface area (Å²) < 4.78 is 52.5. The summed E-state index contributed by atoms with van der Waals surface area (Å²) in [5.74, 6) is -0.346. The Kier molecular flexibility index (Phi) is 0.680. The number of hydrogen-bond donors (Lipinski definition) is 1. The Bertz CT molecular complexity index is 654. The zero-order chi connectivity index (χ0) is 15.2. The molecule has 5 heteroatoms. The van der Waals surface area contributed by atoms with E-state index in [4.69, 9.17) is 15.3 Å². The van der Waals surface area contributed by atoms with Crippen molar-refractivity contribution in [2.75, 3.05) is 5.73 Å². The third-order valence-electron chi connectivity index (χ3n) is 1.31. The standard InChI is InChI=1S/C8H9N5/c1-13-7(2-3-12-13)8-10-4-6(9)5-11-8/h2-5H,9H2,1H3/i1D3,2D,3D,4D,5D. The van der Waals surface area contributed by atoms with E-state index < -0.39 is 31.5 Å². The first-order valence-corrected chi connectivity index (χ1v) is 3.30. The number of nitrogens with two attached hydrogens (primary N) is 1. The van der Waals surface area contributed by atoms with Gasteiger partial charge in [0.1, 0.15) is 5.69 Å². The van der Waals surface area contributed by atoms with Crippen LogP contribution in [-0.2, 0) is 6.98 Å². The summed E-state index contributed by atoms with van der Waals surface area (Å²) in [6, 6.07) is -0.496. The molecule has 2 rings (SSSR count). The van der Waals surface area contributed by atoms with Crippen molar-refractivity contribution < 1.29 is 9.60 Å². The van der Waals surface area contributed by atoms with Crippen LogP contribution < -0.4 is 5.73 Å². The molecule has 5 nitrogen and oxygen atoms in total. The Hall–Kier alpha value is -1.91. The zero-order valence-electron chi connectivity index (χ0n) is 13.4. The van der Waals surface area contributed by atoms with Crippen LogP contribution in [-0.4, -0.2) is 19.7 Å². The molecule has 0 radical (unpaired) electrons. The second kappa shape index (κ2) is 2.85. The van der Waals surface area contributed by atoms with E-state index in [2.05, 4.69) is 15.1 Å². The van der Waals surface area contributed by atoms with Gasteiger partial charge in [-0.1, -0.05) is 0 Å². The molecule has 0 amide bonds. The Morgan fingerprint density at radius 2 is 2.31 bits per heavy atom. The third-order valence-corrected chi connectivity index (χ3v) is 1.31. The molecule has 0 aliphatic rings. The van der Waals surface area contributed by atoms with Gasteiger partial charge in [0.05, 0.1) is 23.5 Å². The van der Waals surface area contributed by atoms with Crippen LogP contribution in [0.2, 0.25) is 0 Å². The van der Waals surface area contributed by atoms with Crippen molar-refractivity contribution in [3.05, 3.63) is 24.6 Å². The fourth-order valence-electron chi connectivity index (χ4n) is 0.764. The summed E-state index contributed by atoms with van der Waals surface area (Å²) in [5.41, 5.74) is 4.77. The number of anilines is 1. The van der Waals surface area contributed by atoms with Gasteiger partial charge in [0.2, 0.25) is 0 Å². The van der Waals surface area contributed by atoms with E-state index >= 15 is 0 Å². The van der Waals surface area contributed by atoms with Crippen LogP contribution in [0.15, 0.2) is 24.6 Å². The number of nitrogens with zero attached hydrogens (tertiary/aromatic N) is 4. The fraction of sp³-hybridized carbons (Fsp3) is 0.125. The maximum absolute atomic E-state index is 7.67. The minimum Gasteiger partial charge on any atom is -0.396 e. The van der Waals surface area contributed by atoms with Crippen molar-refractivity contribution in [2.45, 2.75) is 0 Å². The smallest absolute Gasteiger partial charge is 0.177 e. The summed E-state index contributed by atoms with van der Waals surface area (Å²) in [6.07, 6.45) is -1.47. The molecule has 0 unspecified atom stereocenters. The first-order chi connectivity index (χ1) is 9.12. The molecule has 66 valence electrons. The average molecular weight is 182 g/mol. The van der Waals surface area contributed by atoms with Gasteiger partial charge in [0.25, 0.3) is 0 Å². The highest BCUT2D eigenvalue weighted by Crippen LogP contribution is 2.12. The molecule has 2 aromatic rings. The highest BCUT2D eigenvalue weighted by molar-refractivity contribution is 5.50. The van der Waals surface area contributed by atoms with Crippen LogP contribution in [0.5, 0.6) is 0 Å². The van der Waals surface area contributed by atoms with Crippen LogP contribution in [0.4, 0.5) is 5.69 Å². The van der Waals surface area contributed by atoms with Crippen molar-refractivity contribution in [3.63, 3.8) is 0 Å². The predicted molar refractivity (Wildman–Crippen MR) is 48.6 cm³/mol. The molecule has 2 aromatic heterocycles. The number of aryl methyl sites for hydroxylation is 1. The lowest BCUT2D eigenvalue weighted by Crippen LogP contribution is -1.98. The molecule has 0 saturated carbocycles. The largest absolute Gasteiger partial charge is 0.396 e. The molecule has 0 aliphatic heterocycles. The molecular formula is C8H9N5. The molecule has 2 heterocycles. The molecule has 0 saturated heterocycles. The summed E-state index contributed by atoms with van der Waals surface area (Å²) in [6.45, 7) is -2.74. The van der Waals surface area contributed by atoms with Gasteiger partial charge >= 0.3 is 0 Å². The van der Waals surface area contributed by atoms with Crippen molar-refractivity contribution in [1.82, 2.24) is 19.7 Å². The van der Waals surface area contributed by atoms with E-state index in [1.54, 1.807) is 0 Å². The Balaban J connectivity index is 2.76. The first kappa shape index (κ1) is 3.10. The van der Waals surface area contributed by atoms with Crippen molar-refractivity contribution in [1.29, 1.82) is 0 Å². The van der Waals surface area contributed by atoms with E-state index in [0.717, 1.165) is 0 Å². The number of hydrogen-bond acceptors (Lipinski definition) is 4. The summed E-state index contributed by atoms with van der Waals surface area (Å²) >= 11 is 0. The van der Waals surface area contributed by atoms with Crippen molar-refractivity contribution in [2.24, 2.45) is 6.98 Å². The Labute approximate surface area is 85.1 Å². The predicted octanol–water partition coefficient (Wildman–Crippen LogP) is 0.459. The Morgan fingerprint density at radius 3 is 3.00 bits per heavy atom. The van der Waals surface area contributed by atoms with Gasteiger partial charge in [-0.2, -0.15) is 5.10 Å². The summed E-state index contributed by atoms with van der Waals surface area (Å²) in [5, 5.41) is 3.44. The van der Waals surface area contributed by atoms with Gasteiger partial charge in [-0.05, 0) is 6.04 Å². The molecule has 0 atom stereocenters. The zero-order valence-corrected chi connectivity index (χ0v) is 6.37. The second-order valence-corrected chi connectivity index (χ2v) is 2.18. The van der Waals surface area contributed by atoms with Gasteiger partial charge in [0, 0.05) is 17.3 Å². The molecule has 0 aromatic carbocycles. The molecular weight excluding hydrogens is 166 g/mol. The Morgan fingerprint density at radius 1 is 1.54 bits per heavy atom. The molecule has 0 bridgehead atoms. The van der Waals surface area contributed by atoms with E-state index in [1.165, 1.54) is 0 Å². The van der Waals surface area contributed by atoms with Crippen LogP contribution >= 0.6 is 0 Å². The number of aromatic nitrogens is 4. The van der Waals surface area contributed by atoms with Gasteiger partial charge in [-0.3, -0.25) is 4.68 Å². The van der Waals surface area contributed by atoms with E-state index in [-0.39, 0.29) is 17.2 Å². The lowest BCUT2D eigenvalue weighted by atomic mass is 10.4. The lowest BCUT2D eigenvalue weighted by Gasteiger charge is -1.99. The quantitative estimate of drug-likeness (QED) is 0.695. The third kappa shape index (κ3) is 1.35. The van der Waals surface area contributed by atoms with Gasteiger partial charge in [-0.15, -0.1) is 0 Å². The normalized spacial score (nSPS) is 18.9. The minimum absolute atomic E-state index is 0.258. The topological polar surface area (TPSA) is 69.6 Å². The van der Waals surface area contributed by atoms with E-state index in [1.807, 2.05) is 0 Å². The van der Waals surface area contributed by atoms with Gasteiger partial charge in [-0.25, -0.2) is 9.97 Å². The molecule has 2 N–H and O–H groups in total. The SMILES string of the molecule is [2H]c1nn(C([2H])([2H])[2H])c(-c2nc([2H])c(N)c([2H])n2)c1[2H]. The van der Waals surface area contributed by atoms with Crippen LogP contribution in [0, 0.1) is 0 Å². The number of nitrogen functional groups attached to an aromatic ring is 1. The average Bonchev–Trinajstić information content (AvgIpc) is 2.62. The molecule has 0 aliphatic carbocycles. The maximum atomic E-state index is 7.67. The van der Waals surface area contributed by atoms with Crippen molar-refractivity contribution in [3.8, 4) is 11.5 Å². The fourth-order valence-corrected chi connectivity index (χ4v) is 0.764. The molecule has 0 fully saturated rings. The van der Waals surface area contributed by atoms with E-state index in [9.17, 15) is 0 Å². The molecule has 13 heavy (non-hydrogen) atoms. The van der Waals surface area contributed by atoms with Gasteiger partial charge < -0.3 is 5.73 Å². The molecule has 0 spiro atoms.